The van der Waals surface area contributed by atoms with Gasteiger partial charge >= 0.3 is 4.09 Å². The molecule has 0 fully saturated rings. The molecule has 0 N–H and O–H groups in total. The number of hydrogen-bond donors (Lipinski definition) is 0. The summed E-state index contributed by atoms with van der Waals surface area (Å²) in [5.41, 5.74) is 1.27. The van der Waals surface area contributed by atoms with Gasteiger partial charge in [-0.25, -0.2) is 0 Å². The molecule has 1 aromatic carbocycles. The van der Waals surface area contributed by atoms with E-state index >= 15 is 0 Å². The molecule has 15 heavy (non-hydrogen) atoms. The summed E-state index contributed by atoms with van der Waals surface area (Å²) in [4.78, 5) is 0. The molecular formula is C9H14Br3NSi2. The van der Waals surface area contributed by atoms with Gasteiger partial charge in [-0.2, -0.15) is 0 Å². The van der Waals surface area contributed by atoms with Gasteiger partial charge in [0.1, 0.15) is 8.24 Å². The first-order chi connectivity index (χ1) is 6.73. The van der Waals surface area contributed by atoms with Crippen LogP contribution in [0.3, 0.4) is 0 Å². The zero-order valence-electron chi connectivity index (χ0n) is 8.97. The van der Waals surface area contributed by atoms with Crippen molar-refractivity contribution in [2.45, 2.75) is 19.6 Å². The third kappa shape index (κ3) is 4.00. The first-order valence-electron chi connectivity index (χ1n) is 4.65. The highest BCUT2D eigenvalue weighted by Crippen LogP contribution is 2.39. The number of hydrogen-bond acceptors (Lipinski definition) is 1. The van der Waals surface area contributed by atoms with E-state index in [2.05, 4.69) is 94.0 Å². The standard InChI is InChI=1S/C9H14Br3NSi2/c1-14(2,3)13(15(10,11)12)9-7-5-4-6-8-9/h4-8H,1-3H3. The predicted octanol–water partition coefficient (Wildman–Crippen LogP) is 4.95. The molecule has 84 valence electrons. The van der Waals surface area contributed by atoms with E-state index in [9.17, 15) is 0 Å². The smallest absolute Gasteiger partial charge is 0.365 e. The first-order valence-corrected chi connectivity index (χ1v) is 16.8. The van der Waals surface area contributed by atoms with E-state index in [1.807, 2.05) is 6.07 Å². The van der Waals surface area contributed by atoms with Crippen molar-refractivity contribution in [3.05, 3.63) is 30.3 Å². The van der Waals surface area contributed by atoms with Crippen LogP contribution in [0.1, 0.15) is 0 Å². The van der Waals surface area contributed by atoms with Gasteiger partial charge in [0.25, 0.3) is 0 Å². The molecule has 0 heterocycles. The molecule has 0 aromatic heterocycles. The summed E-state index contributed by atoms with van der Waals surface area (Å²) >= 11 is 11.3. The summed E-state index contributed by atoms with van der Waals surface area (Å²) in [7, 11) is -1.41. The van der Waals surface area contributed by atoms with Gasteiger partial charge in [0, 0.05) is 5.69 Å². The lowest BCUT2D eigenvalue weighted by Crippen LogP contribution is -2.55. The van der Waals surface area contributed by atoms with Crippen molar-refractivity contribution in [1.82, 2.24) is 0 Å². The van der Waals surface area contributed by atoms with Crippen LogP contribution in [0, 0.1) is 0 Å². The molecule has 0 amide bonds. The van der Waals surface area contributed by atoms with Crippen molar-refractivity contribution in [2.75, 3.05) is 4.23 Å². The number of nitrogens with zero attached hydrogens (tertiary/aromatic N) is 1. The van der Waals surface area contributed by atoms with E-state index in [1.54, 1.807) is 0 Å². The number of para-hydroxylation sites is 1. The molecule has 0 saturated carbocycles. The van der Waals surface area contributed by atoms with Crippen LogP contribution in [0.15, 0.2) is 30.3 Å². The van der Waals surface area contributed by atoms with E-state index < -0.39 is 12.3 Å². The van der Waals surface area contributed by atoms with Crippen LogP contribution in [0.5, 0.6) is 0 Å². The fourth-order valence-electron chi connectivity index (χ4n) is 1.49. The van der Waals surface area contributed by atoms with Gasteiger partial charge in [0.05, 0.1) is 0 Å². The van der Waals surface area contributed by atoms with Gasteiger partial charge < -0.3 is 4.23 Å². The fourth-order valence-corrected chi connectivity index (χ4v) is 22.1. The average molecular weight is 432 g/mol. The second-order valence-corrected chi connectivity index (χ2v) is 30.8. The van der Waals surface area contributed by atoms with Gasteiger partial charge in [-0.1, -0.05) is 83.7 Å². The summed E-state index contributed by atoms with van der Waals surface area (Å²) in [6.07, 6.45) is 0. The normalized spacial score (nSPS) is 12.7. The third-order valence-corrected chi connectivity index (χ3v) is 13.5. The Morgan fingerprint density at radius 1 is 0.933 bits per heavy atom. The van der Waals surface area contributed by atoms with Crippen LogP contribution >= 0.6 is 45.9 Å². The molecule has 0 aliphatic carbocycles. The first kappa shape index (κ1) is 14.0. The maximum Gasteiger partial charge on any atom is 0.365 e. The molecule has 1 rings (SSSR count). The summed E-state index contributed by atoms with van der Waals surface area (Å²) in [5.74, 6) is 0. The lowest BCUT2D eigenvalue weighted by Gasteiger charge is -2.41. The molecule has 1 nitrogen and oxygen atoms in total. The Morgan fingerprint density at radius 3 is 1.73 bits per heavy atom. The van der Waals surface area contributed by atoms with Gasteiger partial charge in [-0.3, -0.25) is 0 Å². The molecule has 0 aliphatic rings. The monoisotopic (exact) mass is 429 g/mol. The van der Waals surface area contributed by atoms with Crippen LogP contribution < -0.4 is 4.23 Å². The Kier molecular flexibility index (Phi) is 4.69. The molecule has 0 saturated heterocycles. The van der Waals surface area contributed by atoms with Crippen LogP contribution in [0.4, 0.5) is 5.69 Å². The van der Waals surface area contributed by atoms with Crippen LogP contribution in [0.25, 0.3) is 0 Å². The topological polar surface area (TPSA) is 3.24 Å². The highest BCUT2D eigenvalue weighted by molar-refractivity contribution is 9.72. The van der Waals surface area contributed by atoms with E-state index in [1.165, 1.54) is 5.69 Å². The van der Waals surface area contributed by atoms with Crippen LogP contribution in [-0.2, 0) is 0 Å². The Balaban J connectivity index is 3.15. The quantitative estimate of drug-likeness (QED) is 0.483. The van der Waals surface area contributed by atoms with Crippen molar-refractivity contribution in [1.29, 1.82) is 0 Å². The minimum absolute atomic E-state index is 1.27. The zero-order valence-corrected chi connectivity index (χ0v) is 15.7. The third-order valence-electron chi connectivity index (χ3n) is 1.94. The molecule has 1 aromatic rings. The van der Waals surface area contributed by atoms with Crippen molar-refractivity contribution >= 4 is 63.9 Å². The van der Waals surface area contributed by atoms with Crippen molar-refractivity contribution in [3.8, 4) is 0 Å². The minimum Gasteiger partial charge on any atom is -0.400 e. The van der Waals surface area contributed by atoms with Gasteiger partial charge in [0.2, 0.25) is 0 Å². The molecule has 6 heteroatoms. The largest absolute Gasteiger partial charge is 0.400 e. The predicted molar refractivity (Wildman–Crippen MR) is 84.8 cm³/mol. The number of rotatable bonds is 3. The van der Waals surface area contributed by atoms with E-state index in [4.69, 9.17) is 0 Å². The van der Waals surface area contributed by atoms with Crippen molar-refractivity contribution < 1.29 is 0 Å². The Morgan fingerprint density at radius 2 is 1.40 bits per heavy atom. The maximum absolute atomic E-state index is 3.75. The van der Waals surface area contributed by atoms with Crippen molar-refractivity contribution in [3.63, 3.8) is 0 Å². The average Bonchev–Trinajstić information content (AvgIpc) is 2.00. The van der Waals surface area contributed by atoms with Gasteiger partial charge in [-0.15, -0.1) is 0 Å². The molecule has 0 aliphatic heterocycles. The highest BCUT2D eigenvalue weighted by Gasteiger charge is 2.40. The van der Waals surface area contributed by atoms with Gasteiger partial charge in [-0.05, 0) is 12.1 Å². The Bertz CT molecular complexity index is 304. The highest BCUT2D eigenvalue weighted by atomic mass is 80.0. The van der Waals surface area contributed by atoms with Crippen LogP contribution in [-0.4, -0.2) is 12.3 Å². The second kappa shape index (κ2) is 5.04. The summed E-state index contributed by atoms with van der Waals surface area (Å²) in [6, 6.07) is 10.5. The van der Waals surface area contributed by atoms with E-state index in [0.717, 1.165) is 0 Å². The maximum atomic E-state index is 3.75. The summed E-state index contributed by atoms with van der Waals surface area (Å²) in [5, 5.41) is 0. The molecule has 0 unspecified atom stereocenters. The van der Waals surface area contributed by atoms with E-state index in [-0.39, 0.29) is 0 Å². The molecule has 0 bridgehead atoms. The Labute approximate surface area is 117 Å². The fraction of sp³-hybridized carbons (Fsp3) is 0.333. The van der Waals surface area contributed by atoms with E-state index in [0.29, 0.717) is 0 Å². The minimum atomic E-state index is -1.83. The SMILES string of the molecule is C[Si](C)(C)N(c1ccccc1)[Si](Br)(Br)Br. The molecular weight excluding hydrogens is 418 g/mol. The lowest BCUT2D eigenvalue weighted by atomic mass is 10.3. The lowest BCUT2D eigenvalue weighted by molar-refractivity contribution is 1.44. The summed E-state index contributed by atoms with van der Waals surface area (Å²) < 4.78 is 0.656. The second-order valence-electron chi connectivity index (χ2n) is 4.31. The summed E-state index contributed by atoms with van der Waals surface area (Å²) in [6.45, 7) is 7.02. The van der Waals surface area contributed by atoms with Crippen molar-refractivity contribution in [2.24, 2.45) is 0 Å². The van der Waals surface area contributed by atoms with Gasteiger partial charge in [0.15, 0.2) is 0 Å². The molecule has 0 radical (unpaired) electrons. The number of benzene rings is 1. The molecule has 0 spiro atoms. The van der Waals surface area contributed by atoms with Crippen LogP contribution in [0.2, 0.25) is 19.6 Å². The Hall–Kier alpha value is 0.894. The number of anilines is 1. The number of halogens is 3. The zero-order chi connectivity index (χ0) is 11.7. The molecule has 0 atom stereocenters.